The molecule has 3 nitrogen and oxygen atoms in total. The fraction of sp³-hybridized carbons (Fsp3) is 0.643. The van der Waals surface area contributed by atoms with Crippen molar-refractivity contribution in [2.75, 3.05) is 13.2 Å². The van der Waals surface area contributed by atoms with Crippen molar-refractivity contribution in [3.63, 3.8) is 0 Å². The zero-order chi connectivity index (χ0) is 11.8. The highest BCUT2D eigenvalue weighted by molar-refractivity contribution is 5.07. The molecule has 0 saturated carbocycles. The quantitative estimate of drug-likeness (QED) is 0.768. The summed E-state index contributed by atoms with van der Waals surface area (Å²) >= 11 is 0. The van der Waals surface area contributed by atoms with Gasteiger partial charge >= 0.3 is 0 Å². The van der Waals surface area contributed by atoms with Gasteiger partial charge in [-0.3, -0.25) is 4.98 Å². The molecule has 1 N–H and O–H groups in total. The van der Waals surface area contributed by atoms with Crippen LogP contribution in [0.1, 0.15) is 37.7 Å². The minimum absolute atomic E-state index is 0.709. The molecule has 0 radical (unpaired) electrons. The summed E-state index contributed by atoms with van der Waals surface area (Å²) in [6, 6.07) is 4.74. The standard InChI is InChI=1S/C14H22N2O/c1-2-8-16-14(4-1)5-3-11-17-12-13-6-9-15-10-7-13/h6-7,9-10,14,16H,1-5,8,11-12H2/t14-/m0/s1. The lowest BCUT2D eigenvalue weighted by Gasteiger charge is -2.23. The van der Waals surface area contributed by atoms with Crippen molar-refractivity contribution >= 4 is 0 Å². The Morgan fingerprint density at radius 2 is 2.18 bits per heavy atom. The molecule has 17 heavy (non-hydrogen) atoms. The summed E-state index contributed by atoms with van der Waals surface area (Å²) in [5.74, 6) is 0. The molecule has 1 aromatic rings. The van der Waals surface area contributed by atoms with E-state index in [9.17, 15) is 0 Å². The molecule has 1 aliphatic heterocycles. The smallest absolute Gasteiger partial charge is 0.0717 e. The number of rotatable bonds is 6. The van der Waals surface area contributed by atoms with Crippen LogP contribution in [0, 0.1) is 0 Å². The average Bonchev–Trinajstić information content (AvgIpc) is 2.41. The molecule has 0 bridgehead atoms. The zero-order valence-electron chi connectivity index (χ0n) is 10.4. The second-order valence-corrected chi connectivity index (χ2v) is 4.70. The molecule has 0 amide bonds. The maximum absolute atomic E-state index is 5.66. The van der Waals surface area contributed by atoms with E-state index in [1.807, 2.05) is 24.5 Å². The number of piperidine rings is 1. The zero-order valence-corrected chi connectivity index (χ0v) is 10.4. The van der Waals surface area contributed by atoms with Gasteiger partial charge in [-0.1, -0.05) is 6.42 Å². The van der Waals surface area contributed by atoms with Gasteiger partial charge in [0.15, 0.2) is 0 Å². The number of hydrogen-bond acceptors (Lipinski definition) is 3. The third-order valence-electron chi connectivity index (χ3n) is 3.27. The second kappa shape index (κ2) is 7.41. The van der Waals surface area contributed by atoms with Crippen LogP contribution in [-0.4, -0.2) is 24.2 Å². The minimum Gasteiger partial charge on any atom is -0.377 e. The Labute approximate surface area is 104 Å². The third kappa shape index (κ3) is 4.84. The molecule has 2 heterocycles. The van der Waals surface area contributed by atoms with E-state index in [0.29, 0.717) is 6.61 Å². The van der Waals surface area contributed by atoms with Crippen LogP contribution in [-0.2, 0) is 11.3 Å². The van der Waals surface area contributed by atoms with Crippen LogP contribution >= 0.6 is 0 Å². The molecule has 1 atom stereocenters. The first-order chi connectivity index (χ1) is 8.45. The van der Waals surface area contributed by atoms with Crippen molar-refractivity contribution in [1.82, 2.24) is 10.3 Å². The lowest BCUT2D eigenvalue weighted by Crippen LogP contribution is -2.33. The number of aromatic nitrogens is 1. The summed E-state index contributed by atoms with van der Waals surface area (Å²) in [5.41, 5.74) is 1.20. The van der Waals surface area contributed by atoms with Gasteiger partial charge in [0.2, 0.25) is 0 Å². The van der Waals surface area contributed by atoms with Crippen LogP contribution in [0.25, 0.3) is 0 Å². The Bertz CT molecular complexity index is 296. The Morgan fingerprint density at radius 1 is 1.29 bits per heavy atom. The van der Waals surface area contributed by atoms with Crippen molar-refractivity contribution < 1.29 is 4.74 Å². The number of ether oxygens (including phenoxy) is 1. The van der Waals surface area contributed by atoms with Crippen molar-refractivity contribution in [3.8, 4) is 0 Å². The highest BCUT2D eigenvalue weighted by Gasteiger charge is 2.11. The third-order valence-corrected chi connectivity index (χ3v) is 3.27. The highest BCUT2D eigenvalue weighted by Crippen LogP contribution is 2.11. The first-order valence-electron chi connectivity index (χ1n) is 6.65. The van der Waals surface area contributed by atoms with E-state index in [4.69, 9.17) is 4.74 Å². The van der Waals surface area contributed by atoms with Crippen LogP contribution < -0.4 is 5.32 Å². The van der Waals surface area contributed by atoms with Gasteiger partial charge < -0.3 is 10.1 Å². The van der Waals surface area contributed by atoms with Gasteiger partial charge in [-0.25, -0.2) is 0 Å². The molecule has 1 aromatic heterocycles. The number of nitrogens with zero attached hydrogens (tertiary/aromatic N) is 1. The maximum atomic E-state index is 5.66. The Hall–Kier alpha value is -0.930. The van der Waals surface area contributed by atoms with Crippen molar-refractivity contribution in [1.29, 1.82) is 0 Å². The van der Waals surface area contributed by atoms with Gasteiger partial charge in [0.25, 0.3) is 0 Å². The summed E-state index contributed by atoms with van der Waals surface area (Å²) in [6.45, 7) is 2.77. The van der Waals surface area contributed by atoms with E-state index in [1.165, 1.54) is 37.8 Å². The summed E-state index contributed by atoms with van der Waals surface area (Å²) in [6.07, 6.45) is 10.1. The summed E-state index contributed by atoms with van der Waals surface area (Å²) < 4.78 is 5.66. The first-order valence-corrected chi connectivity index (χ1v) is 6.65. The van der Waals surface area contributed by atoms with Gasteiger partial charge in [-0.05, 0) is 49.9 Å². The van der Waals surface area contributed by atoms with Crippen LogP contribution in [0.15, 0.2) is 24.5 Å². The molecule has 0 aromatic carbocycles. The van der Waals surface area contributed by atoms with E-state index in [0.717, 1.165) is 19.1 Å². The van der Waals surface area contributed by atoms with Crippen molar-refractivity contribution in [2.24, 2.45) is 0 Å². The summed E-state index contributed by atoms with van der Waals surface area (Å²) in [7, 11) is 0. The van der Waals surface area contributed by atoms with Crippen LogP contribution in [0.5, 0.6) is 0 Å². The fourth-order valence-electron chi connectivity index (χ4n) is 2.27. The number of hydrogen-bond donors (Lipinski definition) is 1. The normalized spacial score (nSPS) is 20.4. The molecule has 3 heteroatoms. The van der Waals surface area contributed by atoms with E-state index in [1.54, 1.807) is 0 Å². The topological polar surface area (TPSA) is 34.1 Å². The fourth-order valence-corrected chi connectivity index (χ4v) is 2.27. The lowest BCUT2D eigenvalue weighted by atomic mass is 10.0. The Morgan fingerprint density at radius 3 is 2.94 bits per heavy atom. The summed E-state index contributed by atoms with van der Waals surface area (Å²) in [5, 5.41) is 3.56. The number of pyridine rings is 1. The molecule has 0 aliphatic carbocycles. The van der Waals surface area contributed by atoms with E-state index in [-0.39, 0.29) is 0 Å². The van der Waals surface area contributed by atoms with Gasteiger partial charge in [0.1, 0.15) is 0 Å². The predicted octanol–water partition coefficient (Wildman–Crippen LogP) is 2.52. The van der Waals surface area contributed by atoms with Crippen LogP contribution in [0.3, 0.4) is 0 Å². The molecule has 2 rings (SSSR count). The number of nitrogens with one attached hydrogen (secondary N) is 1. The molecule has 0 spiro atoms. The summed E-state index contributed by atoms with van der Waals surface area (Å²) in [4.78, 5) is 3.99. The second-order valence-electron chi connectivity index (χ2n) is 4.70. The highest BCUT2D eigenvalue weighted by atomic mass is 16.5. The van der Waals surface area contributed by atoms with Crippen LogP contribution in [0.4, 0.5) is 0 Å². The van der Waals surface area contributed by atoms with Gasteiger partial charge in [-0.2, -0.15) is 0 Å². The largest absolute Gasteiger partial charge is 0.377 e. The molecule has 1 saturated heterocycles. The minimum atomic E-state index is 0.709. The van der Waals surface area contributed by atoms with E-state index in [2.05, 4.69) is 10.3 Å². The van der Waals surface area contributed by atoms with Crippen LogP contribution in [0.2, 0.25) is 0 Å². The van der Waals surface area contributed by atoms with Crippen molar-refractivity contribution in [3.05, 3.63) is 30.1 Å². The van der Waals surface area contributed by atoms with Gasteiger partial charge in [0.05, 0.1) is 6.61 Å². The van der Waals surface area contributed by atoms with Gasteiger partial charge in [-0.15, -0.1) is 0 Å². The first kappa shape index (κ1) is 12.5. The maximum Gasteiger partial charge on any atom is 0.0717 e. The lowest BCUT2D eigenvalue weighted by molar-refractivity contribution is 0.114. The van der Waals surface area contributed by atoms with Crippen molar-refractivity contribution in [2.45, 2.75) is 44.8 Å². The van der Waals surface area contributed by atoms with Gasteiger partial charge in [0, 0.05) is 25.0 Å². The van der Waals surface area contributed by atoms with E-state index < -0.39 is 0 Å². The monoisotopic (exact) mass is 234 g/mol. The Kier molecular flexibility index (Phi) is 5.46. The SMILES string of the molecule is c1cc(COCCC[C@@H]2CCCCN2)ccn1. The molecule has 1 fully saturated rings. The van der Waals surface area contributed by atoms with E-state index >= 15 is 0 Å². The Balaban J connectivity index is 1.51. The molecule has 94 valence electrons. The molecule has 0 unspecified atom stereocenters. The molecular formula is C14H22N2O. The molecular weight excluding hydrogens is 212 g/mol. The molecule has 1 aliphatic rings. The average molecular weight is 234 g/mol. The predicted molar refractivity (Wildman–Crippen MR) is 68.8 cm³/mol.